The fourth-order valence-electron chi connectivity index (χ4n) is 4.17. The standard InChI is InChI=1S/C17H23ClN2O2/c1-19-9-4-8-17(16(21)22)12-20(10-7-15(17)19)11-13-5-2-3-6-14(13)18/h2-3,5-6,15H,4,7-12H2,1H3,(H,21,22)/t15-,17+/m1/s1. The van der Waals surface area contributed by atoms with Crippen molar-refractivity contribution in [1.29, 1.82) is 0 Å². The van der Waals surface area contributed by atoms with Crippen molar-refractivity contribution in [3.63, 3.8) is 0 Å². The molecule has 2 aliphatic rings. The van der Waals surface area contributed by atoms with E-state index in [4.69, 9.17) is 11.6 Å². The summed E-state index contributed by atoms with van der Waals surface area (Å²) in [7, 11) is 2.06. The molecule has 2 atom stereocenters. The number of piperidine rings is 2. The molecule has 0 bridgehead atoms. The lowest BCUT2D eigenvalue weighted by atomic mass is 9.69. The third-order valence-corrected chi connectivity index (χ3v) is 5.67. The largest absolute Gasteiger partial charge is 0.481 e. The summed E-state index contributed by atoms with van der Waals surface area (Å²) in [6, 6.07) is 7.98. The third kappa shape index (κ3) is 2.75. The zero-order chi connectivity index (χ0) is 15.7. The highest BCUT2D eigenvalue weighted by molar-refractivity contribution is 6.31. The average Bonchev–Trinajstić information content (AvgIpc) is 2.49. The van der Waals surface area contributed by atoms with Crippen molar-refractivity contribution < 1.29 is 9.90 Å². The maximum atomic E-state index is 12.0. The number of carboxylic acids is 1. The molecular weight excluding hydrogens is 300 g/mol. The van der Waals surface area contributed by atoms with Gasteiger partial charge in [0.15, 0.2) is 0 Å². The summed E-state index contributed by atoms with van der Waals surface area (Å²) in [5.41, 5.74) is 0.444. The van der Waals surface area contributed by atoms with Crippen molar-refractivity contribution in [1.82, 2.24) is 9.80 Å². The van der Waals surface area contributed by atoms with Gasteiger partial charge >= 0.3 is 5.97 Å². The van der Waals surface area contributed by atoms with E-state index < -0.39 is 11.4 Å². The van der Waals surface area contributed by atoms with Gasteiger partial charge in [0.25, 0.3) is 0 Å². The second kappa shape index (κ2) is 6.19. The van der Waals surface area contributed by atoms with Crippen LogP contribution in [0.5, 0.6) is 0 Å². The minimum atomic E-state index is -0.645. The van der Waals surface area contributed by atoms with Crippen molar-refractivity contribution in [3.8, 4) is 0 Å². The van der Waals surface area contributed by atoms with Crippen LogP contribution in [0.25, 0.3) is 0 Å². The fourth-order valence-corrected chi connectivity index (χ4v) is 4.37. The molecule has 2 heterocycles. The average molecular weight is 323 g/mol. The molecule has 2 aliphatic heterocycles. The number of carboxylic acid groups (broad SMARTS) is 1. The van der Waals surface area contributed by atoms with Gasteiger partial charge in [-0.2, -0.15) is 0 Å². The van der Waals surface area contributed by atoms with E-state index in [-0.39, 0.29) is 6.04 Å². The molecule has 0 saturated carbocycles. The molecule has 5 heteroatoms. The van der Waals surface area contributed by atoms with Gasteiger partial charge < -0.3 is 10.0 Å². The van der Waals surface area contributed by atoms with Crippen LogP contribution < -0.4 is 0 Å². The van der Waals surface area contributed by atoms with Crippen LogP contribution in [-0.2, 0) is 11.3 Å². The molecule has 0 aromatic heterocycles. The second-order valence-electron chi connectivity index (χ2n) is 6.65. The number of nitrogens with zero attached hydrogens (tertiary/aromatic N) is 2. The van der Waals surface area contributed by atoms with Crippen LogP contribution in [0.2, 0.25) is 5.02 Å². The van der Waals surface area contributed by atoms with Crippen LogP contribution in [0.4, 0.5) is 0 Å². The Morgan fingerprint density at radius 2 is 2.18 bits per heavy atom. The van der Waals surface area contributed by atoms with Gasteiger partial charge in [-0.3, -0.25) is 9.69 Å². The molecule has 1 N–H and O–H groups in total. The summed E-state index contributed by atoms with van der Waals surface area (Å²) in [6.07, 6.45) is 2.64. The Bertz CT molecular complexity index is 565. The molecule has 2 saturated heterocycles. The maximum Gasteiger partial charge on any atom is 0.312 e. The minimum absolute atomic E-state index is 0.154. The maximum absolute atomic E-state index is 12.0. The normalized spacial score (nSPS) is 30.0. The van der Waals surface area contributed by atoms with Gasteiger partial charge in [-0.25, -0.2) is 0 Å². The first-order chi connectivity index (χ1) is 10.5. The molecule has 0 amide bonds. The molecular formula is C17H23ClN2O2. The molecule has 1 aromatic carbocycles. The van der Waals surface area contributed by atoms with E-state index in [9.17, 15) is 9.90 Å². The highest BCUT2D eigenvalue weighted by Crippen LogP contribution is 2.41. The van der Waals surface area contributed by atoms with Crippen molar-refractivity contribution in [2.24, 2.45) is 5.41 Å². The summed E-state index contributed by atoms with van der Waals surface area (Å²) in [4.78, 5) is 16.5. The third-order valence-electron chi connectivity index (χ3n) is 5.31. The van der Waals surface area contributed by atoms with Gasteiger partial charge in [0.2, 0.25) is 0 Å². The van der Waals surface area contributed by atoms with Crippen LogP contribution in [0, 0.1) is 5.41 Å². The van der Waals surface area contributed by atoms with Crippen molar-refractivity contribution in [3.05, 3.63) is 34.9 Å². The fraction of sp³-hybridized carbons (Fsp3) is 0.588. The monoisotopic (exact) mass is 322 g/mol. The van der Waals surface area contributed by atoms with Crippen molar-refractivity contribution in [2.75, 3.05) is 26.7 Å². The highest BCUT2D eigenvalue weighted by atomic mass is 35.5. The molecule has 120 valence electrons. The number of hydrogen-bond donors (Lipinski definition) is 1. The number of aliphatic carboxylic acids is 1. The Kier molecular flexibility index (Phi) is 4.44. The molecule has 0 aliphatic carbocycles. The van der Waals surface area contributed by atoms with E-state index in [1.165, 1.54) is 0 Å². The number of rotatable bonds is 3. The first kappa shape index (κ1) is 15.8. The first-order valence-corrected chi connectivity index (χ1v) is 8.30. The summed E-state index contributed by atoms with van der Waals surface area (Å²) in [5.74, 6) is -0.645. The van der Waals surface area contributed by atoms with Gasteiger partial charge in [0.1, 0.15) is 0 Å². The van der Waals surface area contributed by atoms with E-state index in [1.54, 1.807) is 0 Å². The van der Waals surface area contributed by atoms with E-state index >= 15 is 0 Å². The van der Waals surface area contributed by atoms with Gasteiger partial charge in [0.05, 0.1) is 5.41 Å². The number of halogens is 1. The SMILES string of the molecule is CN1CCC[C@]2(C(=O)O)CN(Cc3ccccc3Cl)CC[C@@H]12. The lowest BCUT2D eigenvalue weighted by Gasteiger charge is -2.52. The predicted molar refractivity (Wildman–Crippen MR) is 87.1 cm³/mol. The van der Waals surface area contributed by atoms with E-state index in [2.05, 4.69) is 16.8 Å². The minimum Gasteiger partial charge on any atom is -0.481 e. The van der Waals surface area contributed by atoms with E-state index in [0.29, 0.717) is 6.54 Å². The summed E-state index contributed by atoms with van der Waals surface area (Å²) in [5, 5.41) is 10.7. The number of carbonyl (C=O) groups is 1. The number of hydrogen-bond acceptors (Lipinski definition) is 3. The Balaban J connectivity index is 1.80. The number of likely N-dealkylation sites (tertiary alicyclic amines) is 2. The van der Waals surface area contributed by atoms with Gasteiger partial charge in [-0.15, -0.1) is 0 Å². The molecule has 0 spiro atoms. The Morgan fingerprint density at radius 1 is 1.41 bits per heavy atom. The lowest BCUT2D eigenvalue weighted by molar-refractivity contribution is -0.163. The van der Waals surface area contributed by atoms with Gasteiger partial charge in [-0.1, -0.05) is 29.8 Å². The predicted octanol–water partition coefficient (Wildman–Crippen LogP) is 2.71. The van der Waals surface area contributed by atoms with Crippen LogP contribution in [0.3, 0.4) is 0 Å². The quantitative estimate of drug-likeness (QED) is 0.929. The smallest absolute Gasteiger partial charge is 0.312 e. The summed E-state index contributed by atoms with van der Waals surface area (Å²) in [6.45, 7) is 3.27. The van der Waals surface area contributed by atoms with Crippen molar-refractivity contribution in [2.45, 2.75) is 31.8 Å². The van der Waals surface area contributed by atoms with Crippen LogP contribution >= 0.6 is 11.6 Å². The molecule has 0 unspecified atom stereocenters. The van der Waals surface area contributed by atoms with E-state index in [1.807, 2.05) is 24.3 Å². The number of benzene rings is 1. The molecule has 3 rings (SSSR count). The summed E-state index contributed by atoms with van der Waals surface area (Å²) < 4.78 is 0. The zero-order valence-corrected chi connectivity index (χ0v) is 13.7. The number of fused-ring (bicyclic) bond motifs is 1. The second-order valence-corrected chi connectivity index (χ2v) is 7.06. The molecule has 1 aromatic rings. The van der Waals surface area contributed by atoms with Crippen LogP contribution in [0.1, 0.15) is 24.8 Å². The molecule has 22 heavy (non-hydrogen) atoms. The van der Waals surface area contributed by atoms with Crippen LogP contribution in [-0.4, -0.2) is 53.6 Å². The molecule has 4 nitrogen and oxygen atoms in total. The summed E-state index contributed by atoms with van der Waals surface area (Å²) >= 11 is 6.25. The zero-order valence-electron chi connectivity index (χ0n) is 13.0. The Hall–Kier alpha value is -1.10. The topological polar surface area (TPSA) is 43.8 Å². The molecule has 0 radical (unpaired) electrons. The highest BCUT2D eigenvalue weighted by Gasteiger charge is 2.52. The lowest BCUT2D eigenvalue weighted by Crippen LogP contribution is -2.63. The van der Waals surface area contributed by atoms with Gasteiger partial charge in [0, 0.05) is 30.7 Å². The van der Waals surface area contributed by atoms with Crippen molar-refractivity contribution >= 4 is 17.6 Å². The Morgan fingerprint density at radius 3 is 2.91 bits per heavy atom. The first-order valence-electron chi connectivity index (χ1n) is 7.92. The molecule has 2 fully saturated rings. The van der Waals surface area contributed by atoms with E-state index in [0.717, 1.165) is 49.5 Å². The van der Waals surface area contributed by atoms with Gasteiger partial charge in [-0.05, 0) is 44.5 Å². The Labute approximate surface area is 136 Å². The van der Waals surface area contributed by atoms with Crippen LogP contribution in [0.15, 0.2) is 24.3 Å².